The largest absolute Gasteiger partial charge is 0.368 e. The zero-order valence-corrected chi connectivity index (χ0v) is 16.4. The van der Waals surface area contributed by atoms with Gasteiger partial charge >= 0.3 is 0 Å². The van der Waals surface area contributed by atoms with Crippen molar-refractivity contribution in [2.45, 2.75) is 31.8 Å². The Bertz CT molecular complexity index is 1030. The van der Waals surface area contributed by atoms with Crippen molar-refractivity contribution >= 4 is 11.8 Å². The molecule has 0 saturated heterocycles. The van der Waals surface area contributed by atoms with Crippen molar-refractivity contribution in [2.24, 2.45) is 5.73 Å². The lowest BCUT2D eigenvalue weighted by molar-refractivity contribution is -0.123. The summed E-state index contributed by atoms with van der Waals surface area (Å²) in [5.41, 5.74) is 10.7. The number of hydrogen-bond acceptors (Lipinski definition) is 2. The molecule has 1 aliphatic carbocycles. The predicted octanol–water partition coefficient (Wildman–Crippen LogP) is 4.35. The Morgan fingerprint density at radius 1 is 0.931 bits per heavy atom. The van der Waals surface area contributed by atoms with E-state index in [0.29, 0.717) is 5.56 Å². The number of nitrogens with two attached hydrogens (primary N) is 1. The molecule has 2 atom stereocenters. The lowest BCUT2D eigenvalue weighted by atomic mass is 9.97. The highest BCUT2D eigenvalue weighted by molar-refractivity contribution is 5.98. The zero-order chi connectivity index (χ0) is 20.4. The Hall–Kier alpha value is -3.40. The molecule has 0 unspecified atom stereocenters. The smallest absolute Gasteiger partial charge is 0.255 e. The van der Waals surface area contributed by atoms with Crippen molar-refractivity contribution < 1.29 is 9.59 Å². The van der Waals surface area contributed by atoms with Gasteiger partial charge in [-0.15, -0.1) is 0 Å². The van der Waals surface area contributed by atoms with Crippen LogP contribution in [0.2, 0.25) is 0 Å². The first-order chi connectivity index (χ1) is 14.1. The van der Waals surface area contributed by atoms with Gasteiger partial charge in [-0.3, -0.25) is 9.59 Å². The van der Waals surface area contributed by atoms with Crippen molar-refractivity contribution in [3.63, 3.8) is 0 Å². The van der Waals surface area contributed by atoms with Crippen molar-refractivity contribution in [1.29, 1.82) is 0 Å². The van der Waals surface area contributed by atoms with Gasteiger partial charge in [0.25, 0.3) is 5.91 Å². The van der Waals surface area contributed by atoms with Gasteiger partial charge in [0.05, 0.1) is 6.04 Å². The molecule has 3 aromatic carbocycles. The Kier molecular flexibility index (Phi) is 5.17. The van der Waals surface area contributed by atoms with Gasteiger partial charge in [-0.1, -0.05) is 66.7 Å². The van der Waals surface area contributed by atoms with E-state index in [1.165, 1.54) is 11.1 Å². The average molecular weight is 384 g/mol. The van der Waals surface area contributed by atoms with Crippen LogP contribution in [0.1, 0.15) is 51.1 Å². The van der Waals surface area contributed by atoms with Gasteiger partial charge in [0.15, 0.2) is 0 Å². The standard InChI is InChI=1S/C25H24N2O2/c1-17-9-8-14-21-20(17)15-16-22(21)27(25(29)19-12-6-3-7-13-19)23(24(26)28)18-10-4-2-5-11-18/h2-14,22-23H,15-16H2,1H3,(H2,26,28)/t22-,23-/m1/s1. The maximum Gasteiger partial charge on any atom is 0.255 e. The number of primary amides is 1. The number of aryl methyl sites for hydroxylation is 1. The summed E-state index contributed by atoms with van der Waals surface area (Å²) < 4.78 is 0. The van der Waals surface area contributed by atoms with Crippen molar-refractivity contribution in [3.8, 4) is 0 Å². The monoisotopic (exact) mass is 384 g/mol. The SMILES string of the molecule is Cc1cccc2c1CC[C@H]2N(C(=O)c1ccccc1)[C@@H](C(N)=O)c1ccccc1. The molecule has 146 valence electrons. The van der Waals surface area contributed by atoms with Crippen LogP contribution in [0, 0.1) is 6.92 Å². The van der Waals surface area contributed by atoms with Gasteiger partial charge in [0.2, 0.25) is 5.91 Å². The van der Waals surface area contributed by atoms with E-state index in [1.807, 2.05) is 54.6 Å². The number of rotatable bonds is 5. The van der Waals surface area contributed by atoms with Crippen LogP contribution in [0.4, 0.5) is 0 Å². The molecule has 3 aromatic rings. The second kappa shape index (κ2) is 7.92. The molecule has 4 heteroatoms. The number of carbonyl (C=O) groups is 2. The first kappa shape index (κ1) is 18.9. The van der Waals surface area contributed by atoms with Gasteiger partial charge in [-0.25, -0.2) is 0 Å². The van der Waals surface area contributed by atoms with Crippen LogP contribution in [-0.2, 0) is 11.2 Å². The third kappa shape index (κ3) is 3.54. The molecule has 2 N–H and O–H groups in total. The Morgan fingerprint density at radius 3 is 2.24 bits per heavy atom. The third-order valence-electron chi connectivity index (χ3n) is 5.73. The first-order valence-electron chi connectivity index (χ1n) is 9.88. The molecule has 0 fully saturated rings. The minimum atomic E-state index is -0.833. The summed E-state index contributed by atoms with van der Waals surface area (Å²) in [5, 5.41) is 0. The predicted molar refractivity (Wildman–Crippen MR) is 113 cm³/mol. The molecule has 0 heterocycles. The molecule has 0 bridgehead atoms. The number of amides is 2. The average Bonchev–Trinajstić information content (AvgIpc) is 3.17. The van der Waals surface area contributed by atoms with Crippen LogP contribution in [0.15, 0.2) is 78.9 Å². The summed E-state index contributed by atoms with van der Waals surface area (Å²) in [5.74, 6) is -0.709. The van der Waals surface area contributed by atoms with Crippen LogP contribution in [-0.4, -0.2) is 16.7 Å². The maximum absolute atomic E-state index is 13.7. The van der Waals surface area contributed by atoms with E-state index in [1.54, 1.807) is 17.0 Å². The fourth-order valence-corrected chi connectivity index (χ4v) is 4.37. The van der Waals surface area contributed by atoms with Crippen molar-refractivity contribution in [1.82, 2.24) is 4.90 Å². The van der Waals surface area contributed by atoms with E-state index in [-0.39, 0.29) is 11.9 Å². The van der Waals surface area contributed by atoms with Gasteiger partial charge in [-0.05, 0) is 54.2 Å². The quantitative estimate of drug-likeness (QED) is 0.711. The van der Waals surface area contributed by atoms with Crippen LogP contribution in [0.25, 0.3) is 0 Å². The summed E-state index contributed by atoms with van der Waals surface area (Å²) in [7, 11) is 0. The van der Waals surface area contributed by atoms with Crippen LogP contribution in [0.5, 0.6) is 0 Å². The highest BCUT2D eigenvalue weighted by atomic mass is 16.2. The van der Waals surface area contributed by atoms with E-state index in [2.05, 4.69) is 19.1 Å². The summed E-state index contributed by atoms with van der Waals surface area (Å²) in [6, 6.07) is 23.6. The van der Waals surface area contributed by atoms with Crippen LogP contribution in [0.3, 0.4) is 0 Å². The molecule has 1 aliphatic rings. The first-order valence-corrected chi connectivity index (χ1v) is 9.88. The van der Waals surface area contributed by atoms with Crippen LogP contribution < -0.4 is 5.73 Å². The molecule has 0 radical (unpaired) electrons. The molecule has 0 aromatic heterocycles. The Balaban J connectivity index is 1.86. The van der Waals surface area contributed by atoms with Crippen molar-refractivity contribution in [3.05, 3.63) is 107 Å². The van der Waals surface area contributed by atoms with E-state index >= 15 is 0 Å². The third-order valence-corrected chi connectivity index (χ3v) is 5.73. The summed E-state index contributed by atoms with van der Waals surface area (Å²) in [6.07, 6.45) is 1.65. The van der Waals surface area contributed by atoms with Gasteiger partial charge in [-0.2, -0.15) is 0 Å². The molecule has 29 heavy (non-hydrogen) atoms. The van der Waals surface area contributed by atoms with Crippen molar-refractivity contribution in [2.75, 3.05) is 0 Å². The topological polar surface area (TPSA) is 63.4 Å². The summed E-state index contributed by atoms with van der Waals surface area (Å²) in [6.45, 7) is 2.09. The molecule has 4 nitrogen and oxygen atoms in total. The lowest BCUT2D eigenvalue weighted by Gasteiger charge is -2.36. The number of benzene rings is 3. The fourth-order valence-electron chi connectivity index (χ4n) is 4.37. The number of fused-ring (bicyclic) bond motifs is 1. The highest BCUT2D eigenvalue weighted by Crippen LogP contribution is 2.42. The second-order valence-corrected chi connectivity index (χ2v) is 7.49. The molecular formula is C25H24N2O2. The van der Waals surface area contributed by atoms with E-state index in [0.717, 1.165) is 24.0 Å². The van der Waals surface area contributed by atoms with E-state index in [9.17, 15) is 9.59 Å². The molecule has 4 rings (SSSR count). The van der Waals surface area contributed by atoms with Gasteiger partial charge < -0.3 is 10.6 Å². The van der Waals surface area contributed by atoms with E-state index < -0.39 is 11.9 Å². The molecular weight excluding hydrogens is 360 g/mol. The number of nitrogens with zero attached hydrogens (tertiary/aromatic N) is 1. The highest BCUT2D eigenvalue weighted by Gasteiger charge is 2.39. The number of hydrogen-bond donors (Lipinski definition) is 1. The Morgan fingerprint density at radius 2 is 1.59 bits per heavy atom. The molecule has 0 saturated carbocycles. The molecule has 0 spiro atoms. The zero-order valence-electron chi connectivity index (χ0n) is 16.4. The maximum atomic E-state index is 13.7. The molecule has 0 aliphatic heterocycles. The minimum absolute atomic E-state index is 0.183. The van der Waals surface area contributed by atoms with E-state index in [4.69, 9.17) is 5.73 Å². The van der Waals surface area contributed by atoms with Crippen LogP contribution >= 0.6 is 0 Å². The van der Waals surface area contributed by atoms with Gasteiger partial charge in [0.1, 0.15) is 6.04 Å². The Labute approximate surface area is 171 Å². The summed E-state index contributed by atoms with van der Waals surface area (Å²) >= 11 is 0. The second-order valence-electron chi connectivity index (χ2n) is 7.49. The van der Waals surface area contributed by atoms with Gasteiger partial charge in [0, 0.05) is 5.56 Å². The summed E-state index contributed by atoms with van der Waals surface area (Å²) in [4.78, 5) is 28.0. The fraction of sp³-hybridized carbons (Fsp3) is 0.200. The number of carbonyl (C=O) groups excluding carboxylic acids is 2. The normalized spacial score (nSPS) is 16.1. The lowest BCUT2D eigenvalue weighted by Crippen LogP contribution is -2.43. The molecule has 2 amide bonds. The minimum Gasteiger partial charge on any atom is -0.368 e.